The highest BCUT2D eigenvalue weighted by Gasteiger charge is 2.28. The van der Waals surface area contributed by atoms with E-state index in [1.165, 1.54) is 4.90 Å². The fraction of sp³-hybridized carbons (Fsp3) is 0.250. The number of hydrogen-bond acceptors (Lipinski definition) is 4. The van der Waals surface area contributed by atoms with Crippen LogP contribution in [0.5, 0.6) is 5.88 Å². The molecular formula is C12H13N3O2S. The minimum atomic E-state index is -0.113. The summed E-state index contributed by atoms with van der Waals surface area (Å²) in [5.41, 5.74) is 1.28. The molecule has 0 aliphatic carbocycles. The lowest BCUT2D eigenvalue weighted by Crippen LogP contribution is -2.30. The van der Waals surface area contributed by atoms with Crippen molar-refractivity contribution in [2.24, 2.45) is 0 Å². The van der Waals surface area contributed by atoms with E-state index < -0.39 is 0 Å². The predicted molar refractivity (Wildman–Crippen MR) is 71.9 cm³/mol. The van der Waals surface area contributed by atoms with Crippen molar-refractivity contribution >= 4 is 29.3 Å². The largest absolute Gasteiger partial charge is 0.481 e. The Morgan fingerprint density at radius 2 is 2.33 bits per heavy atom. The molecule has 18 heavy (non-hydrogen) atoms. The van der Waals surface area contributed by atoms with Crippen molar-refractivity contribution in [1.82, 2.24) is 15.2 Å². The van der Waals surface area contributed by atoms with Crippen LogP contribution in [0.25, 0.3) is 6.08 Å². The predicted octanol–water partition coefficient (Wildman–Crippen LogP) is 1.17. The third-order valence-corrected chi connectivity index (χ3v) is 2.88. The first-order valence-electron chi connectivity index (χ1n) is 5.50. The molecule has 0 saturated carbocycles. The van der Waals surface area contributed by atoms with Crippen LogP contribution in [0.2, 0.25) is 0 Å². The Morgan fingerprint density at radius 1 is 1.56 bits per heavy atom. The van der Waals surface area contributed by atoms with Gasteiger partial charge in [-0.1, -0.05) is 0 Å². The molecule has 5 nitrogen and oxygen atoms in total. The average molecular weight is 263 g/mol. The highest BCUT2D eigenvalue weighted by molar-refractivity contribution is 7.80. The normalized spacial score (nSPS) is 17.2. The summed E-state index contributed by atoms with van der Waals surface area (Å²) < 4.78 is 4.97. The molecule has 1 aromatic heterocycles. The molecule has 2 heterocycles. The highest BCUT2D eigenvalue weighted by Crippen LogP contribution is 2.14. The van der Waals surface area contributed by atoms with Gasteiger partial charge < -0.3 is 10.1 Å². The molecule has 94 valence electrons. The van der Waals surface area contributed by atoms with Gasteiger partial charge in [0.15, 0.2) is 5.11 Å². The number of thiocarbonyl (C=S) groups is 1. The second-order valence-electron chi connectivity index (χ2n) is 3.67. The number of pyridine rings is 1. The first-order chi connectivity index (χ1) is 8.65. The van der Waals surface area contributed by atoms with Crippen LogP contribution >= 0.6 is 12.2 Å². The Kier molecular flexibility index (Phi) is 3.57. The van der Waals surface area contributed by atoms with Gasteiger partial charge in [-0.2, -0.15) is 0 Å². The summed E-state index contributed by atoms with van der Waals surface area (Å²) in [5.74, 6) is 0.423. The summed E-state index contributed by atoms with van der Waals surface area (Å²) in [6.07, 6.45) is 3.36. The molecule has 6 heteroatoms. The van der Waals surface area contributed by atoms with E-state index in [1.807, 2.05) is 13.0 Å². The number of nitrogens with one attached hydrogen (secondary N) is 1. The fourth-order valence-electron chi connectivity index (χ4n) is 1.62. The van der Waals surface area contributed by atoms with Gasteiger partial charge in [-0.3, -0.25) is 9.69 Å². The summed E-state index contributed by atoms with van der Waals surface area (Å²) in [6, 6.07) is 3.56. The molecule has 0 bridgehead atoms. The van der Waals surface area contributed by atoms with Crippen LogP contribution in [0.15, 0.2) is 24.0 Å². The maximum atomic E-state index is 11.9. The summed E-state index contributed by atoms with van der Waals surface area (Å²) >= 11 is 5.07. The molecule has 1 fully saturated rings. The van der Waals surface area contributed by atoms with E-state index in [2.05, 4.69) is 10.3 Å². The van der Waals surface area contributed by atoms with Crippen molar-refractivity contribution in [2.75, 3.05) is 13.7 Å². The fourth-order valence-corrected chi connectivity index (χ4v) is 1.95. The highest BCUT2D eigenvalue weighted by atomic mass is 32.1. The molecule has 1 saturated heterocycles. The van der Waals surface area contributed by atoms with E-state index in [0.717, 1.165) is 5.56 Å². The number of carbonyl (C=O) groups excluding carboxylic acids is 1. The van der Waals surface area contributed by atoms with Gasteiger partial charge in [0.1, 0.15) is 5.70 Å². The van der Waals surface area contributed by atoms with E-state index >= 15 is 0 Å². The molecule has 0 radical (unpaired) electrons. The molecule has 1 aromatic rings. The molecule has 0 atom stereocenters. The number of rotatable bonds is 3. The number of aromatic nitrogens is 1. The summed E-state index contributed by atoms with van der Waals surface area (Å²) in [4.78, 5) is 17.5. The summed E-state index contributed by atoms with van der Waals surface area (Å²) in [5, 5.41) is 3.33. The number of hydrogen-bond donors (Lipinski definition) is 1. The molecular weight excluding hydrogens is 250 g/mol. The van der Waals surface area contributed by atoms with Crippen LogP contribution in [0.3, 0.4) is 0 Å². The Bertz CT molecular complexity index is 511. The second-order valence-corrected chi connectivity index (χ2v) is 4.06. The van der Waals surface area contributed by atoms with Crippen LogP contribution in [0, 0.1) is 0 Å². The maximum absolute atomic E-state index is 11.9. The van der Waals surface area contributed by atoms with Crippen LogP contribution in [0.1, 0.15) is 12.5 Å². The second kappa shape index (κ2) is 5.14. The van der Waals surface area contributed by atoms with Crippen molar-refractivity contribution in [1.29, 1.82) is 0 Å². The van der Waals surface area contributed by atoms with Crippen LogP contribution in [-0.2, 0) is 4.79 Å². The van der Waals surface area contributed by atoms with E-state index in [-0.39, 0.29) is 5.91 Å². The van der Waals surface area contributed by atoms with Crippen molar-refractivity contribution in [2.45, 2.75) is 6.92 Å². The van der Waals surface area contributed by atoms with Crippen LogP contribution in [0.4, 0.5) is 0 Å². The summed E-state index contributed by atoms with van der Waals surface area (Å²) in [7, 11) is 1.56. The van der Waals surface area contributed by atoms with Crippen molar-refractivity contribution in [3.63, 3.8) is 0 Å². The van der Waals surface area contributed by atoms with Gasteiger partial charge in [0.05, 0.1) is 7.11 Å². The van der Waals surface area contributed by atoms with Gasteiger partial charge >= 0.3 is 0 Å². The van der Waals surface area contributed by atoms with Gasteiger partial charge in [-0.15, -0.1) is 0 Å². The Labute approximate surface area is 110 Å². The first kappa shape index (κ1) is 12.5. The minimum absolute atomic E-state index is 0.113. The number of nitrogens with zero attached hydrogens (tertiary/aromatic N) is 2. The number of ether oxygens (including phenoxy) is 1. The zero-order valence-electron chi connectivity index (χ0n) is 10.1. The molecule has 2 rings (SSSR count). The lowest BCUT2D eigenvalue weighted by atomic mass is 10.2. The smallest absolute Gasteiger partial charge is 0.276 e. The Hall–Kier alpha value is -1.95. The first-order valence-corrected chi connectivity index (χ1v) is 5.91. The van der Waals surface area contributed by atoms with Gasteiger partial charge in [0.2, 0.25) is 5.88 Å². The monoisotopic (exact) mass is 263 g/mol. The van der Waals surface area contributed by atoms with E-state index in [0.29, 0.717) is 23.2 Å². The van der Waals surface area contributed by atoms with Gasteiger partial charge in [-0.25, -0.2) is 4.98 Å². The lowest BCUT2D eigenvalue weighted by Gasteiger charge is -2.08. The number of likely N-dealkylation sites (N-methyl/N-ethyl adjacent to an activating group) is 1. The molecule has 1 amide bonds. The van der Waals surface area contributed by atoms with E-state index in [4.69, 9.17) is 17.0 Å². The lowest BCUT2D eigenvalue weighted by molar-refractivity contribution is -0.122. The van der Waals surface area contributed by atoms with Crippen molar-refractivity contribution < 1.29 is 9.53 Å². The quantitative estimate of drug-likeness (QED) is 0.655. The van der Waals surface area contributed by atoms with E-state index in [1.54, 1.807) is 25.4 Å². The van der Waals surface area contributed by atoms with Crippen molar-refractivity contribution in [3.05, 3.63) is 29.6 Å². The zero-order chi connectivity index (χ0) is 13.1. The molecule has 1 aliphatic heterocycles. The number of methoxy groups -OCH3 is 1. The Balaban J connectivity index is 2.23. The topological polar surface area (TPSA) is 54.5 Å². The Morgan fingerprint density at radius 3 is 2.83 bits per heavy atom. The summed E-state index contributed by atoms with van der Waals surface area (Å²) in [6.45, 7) is 2.44. The molecule has 0 aromatic carbocycles. The zero-order valence-corrected chi connectivity index (χ0v) is 11.0. The van der Waals surface area contributed by atoms with Gasteiger partial charge in [0.25, 0.3) is 5.91 Å². The number of carbonyl (C=O) groups is 1. The van der Waals surface area contributed by atoms with Crippen LogP contribution in [-0.4, -0.2) is 34.6 Å². The maximum Gasteiger partial charge on any atom is 0.276 e. The minimum Gasteiger partial charge on any atom is -0.481 e. The molecule has 0 unspecified atom stereocenters. The number of amides is 1. The third-order valence-electron chi connectivity index (χ3n) is 2.56. The molecule has 0 spiro atoms. The standard InChI is InChI=1S/C12H13N3O2S/c1-3-15-11(16)9(14-12(15)18)6-8-4-5-10(17-2)13-7-8/h4-7H,3H2,1-2H3,(H,14,18)/b9-6+. The van der Waals surface area contributed by atoms with Gasteiger partial charge in [-0.05, 0) is 36.8 Å². The molecule has 1 aliphatic rings. The van der Waals surface area contributed by atoms with Crippen molar-refractivity contribution in [3.8, 4) is 5.88 Å². The average Bonchev–Trinajstić information content (AvgIpc) is 2.65. The SMILES string of the molecule is CCN1C(=O)/C(=C\c2ccc(OC)nc2)NC1=S. The van der Waals surface area contributed by atoms with Gasteiger partial charge in [0, 0.05) is 18.8 Å². The van der Waals surface area contributed by atoms with E-state index in [9.17, 15) is 4.79 Å². The van der Waals surface area contributed by atoms with Crippen LogP contribution < -0.4 is 10.1 Å². The third kappa shape index (κ3) is 2.33. The molecule has 1 N–H and O–H groups in total.